The Morgan fingerprint density at radius 2 is 2.44 bits per heavy atom. The Labute approximate surface area is 90.5 Å². The van der Waals surface area contributed by atoms with Gasteiger partial charge in [-0.05, 0) is 19.1 Å². The molecule has 0 amide bonds. The van der Waals surface area contributed by atoms with E-state index in [1.807, 2.05) is 0 Å². The van der Waals surface area contributed by atoms with Gasteiger partial charge in [-0.25, -0.2) is 4.79 Å². The lowest BCUT2D eigenvalue weighted by Crippen LogP contribution is -2.04. The van der Waals surface area contributed by atoms with Crippen LogP contribution in [0.5, 0.6) is 0 Å². The van der Waals surface area contributed by atoms with Crippen LogP contribution >= 0.6 is 0 Å². The van der Waals surface area contributed by atoms with Crippen LogP contribution in [-0.2, 0) is 4.74 Å². The van der Waals surface area contributed by atoms with Gasteiger partial charge in [0.15, 0.2) is 0 Å². The Morgan fingerprint density at radius 1 is 1.56 bits per heavy atom. The van der Waals surface area contributed by atoms with Gasteiger partial charge in [0.05, 0.1) is 6.61 Å². The summed E-state index contributed by atoms with van der Waals surface area (Å²) in [7, 11) is 0. The van der Waals surface area contributed by atoms with E-state index in [1.165, 1.54) is 6.20 Å². The van der Waals surface area contributed by atoms with Crippen LogP contribution in [0.4, 0.5) is 0 Å². The fraction of sp³-hybridized carbons (Fsp3) is 0.222. The van der Waals surface area contributed by atoms with E-state index in [1.54, 1.807) is 19.1 Å². The number of carbonyl (C=O) groups excluding carboxylic acids is 1. The second-order valence-corrected chi connectivity index (χ2v) is 2.75. The highest BCUT2D eigenvalue weighted by Gasteiger charge is 2.17. The minimum absolute atomic E-state index is 0.192. The summed E-state index contributed by atoms with van der Waals surface area (Å²) in [6.45, 7) is 1.94. The van der Waals surface area contributed by atoms with Gasteiger partial charge in [0.1, 0.15) is 5.69 Å². The van der Waals surface area contributed by atoms with Gasteiger partial charge in [0.2, 0.25) is 5.82 Å². The summed E-state index contributed by atoms with van der Waals surface area (Å²) < 4.78 is 9.44. The number of rotatable bonds is 3. The van der Waals surface area contributed by atoms with Crippen molar-refractivity contribution in [2.24, 2.45) is 0 Å². The minimum Gasteiger partial charge on any atom is -0.459 e. The Bertz CT molecular complexity index is 483. The molecule has 0 spiro atoms. The summed E-state index contributed by atoms with van der Waals surface area (Å²) in [6.07, 6.45) is 1.52. The number of nitrogens with zero attached hydrogens (tertiary/aromatic N) is 4. The van der Waals surface area contributed by atoms with Gasteiger partial charge in [-0.2, -0.15) is 10.1 Å². The zero-order chi connectivity index (χ0) is 11.4. The molecule has 0 aromatic carbocycles. The van der Waals surface area contributed by atoms with Gasteiger partial charge in [-0.15, -0.1) is 5.10 Å². The molecule has 0 saturated carbocycles. The molecule has 16 heavy (non-hydrogen) atoms. The van der Waals surface area contributed by atoms with E-state index < -0.39 is 5.97 Å². The molecule has 82 valence electrons. The first-order valence-electron chi connectivity index (χ1n) is 4.60. The van der Waals surface area contributed by atoms with Crippen molar-refractivity contribution in [2.75, 3.05) is 6.61 Å². The van der Waals surface area contributed by atoms with Gasteiger partial charge < -0.3 is 9.26 Å². The molecule has 0 bridgehead atoms. The predicted molar refractivity (Wildman–Crippen MR) is 51.3 cm³/mol. The monoisotopic (exact) mass is 220 g/mol. The van der Waals surface area contributed by atoms with Crippen LogP contribution in [0.1, 0.15) is 17.6 Å². The number of hydrogen-bond acceptors (Lipinski definition) is 7. The molecule has 0 aliphatic heterocycles. The summed E-state index contributed by atoms with van der Waals surface area (Å²) in [4.78, 5) is 15.1. The van der Waals surface area contributed by atoms with Crippen LogP contribution in [0.2, 0.25) is 0 Å². The lowest BCUT2D eigenvalue weighted by Gasteiger charge is -1.93. The number of hydrogen-bond donors (Lipinski definition) is 0. The first-order chi connectivity index (χ1) is 7.81. The molecule has 0 aliphatic rings. The van der Waals surface area contributed by atoms with E-state index in [4.69, 9.17) is 9.26 Å². The highest BCUT2D eigenvalue weighted by molar-refractivity contribution is 5.84. The Hall–Kier alpha value is -2.31. The zero-order valence-corrected chi connectivity index (χ0v) is 8.45. The van der Waals surface area contributed by atoms with Gasteiger partial charge >= 0.3 is 11.9 Å². The molecule has 7 heteroatoms. The predicted octanol–water partition coefficient (Wildman–Crippen LogP) is 0.703. The van der Waals surface area contributed by atoms with E-state index in [-0.39, 0.29) is 18.3 Å². The smallest absolute Gasteiger partial charge is 0.397 e. The van der Waals surface area contributed by atoms with Crippen molar-refractivity contribution in [3.05, 3.63) is 24.2 Å². The van der Waals surface area contributed by atoms with Crippen molar-refractivity contribution < 1.29 is 14.1 Å². The maximum absolute atomic E-state index is 11.2. The Morgan fingerprint density at radius 3 is 3.12 bits per heavy atom. The molecule has 2 heterocycles. The molecule has 7 nitrogen and oxygen atoms in total. The fourth-order valence-corrected chi connectivity index (χ4v) is 1.02. The van der Waals surface area contributed by atoms with E-state index in [2.05, 4.69) is 20.3 Å². The molecule has 0 aliphatic carbocycles. The largest absolute Gasteiger partial charge is 0.459 e. The maximum Gasteiger partial charge on any atom is 0.397 e. The summed E-state index contributed by atoms with van der Waals surface area (Å²) >= 11 is 0. The topological polar surface area (TPSA) is 91.0 Å². The van der Waals surface area contributed by atoms with E-state index in [9.17, 15) is 4.79 Å². The van der Waals surface area contributed by atoms with Crippen LogP contribution in [-0.4, -0.2) is 32.9 Å². The van der Waals surface area contributed by atoms with Crippen LogP contribution in [0.15, 0.2) is 22.9 Å². The average Bonchev–Trinajstić information content (AvgIpc) is 2.80. The van der Waals surface area contributed by atoms with Gasteiger partial charge in [0.25, 0.3) is 0 Å². The van der Waals surface area contributed by atoms with Gasteiger partial charge in [-0.1, -0.05) is 5.16 Å². The third kappa shape index (κ3) is 2.02. The first-order valence-corrected chi connectivity index (χ1v) is 4.60. The molecular weight excluding hydrogens is 212 g/mol. The average molecular weight is 220 g/mol. The molecule has 0 radical (unpaired) electrons. The summed E-state index contributed by atoms with van der Waals surface area (Å²) in [5.74, 6) is -0.635. The van der Waals surface area contributed by atoms with Crippen molar-refractivity contribution in [2.45, 2.75) is 6.92 Å². The minimum atomic E-state index is -0.648. The number of esters is 1. The summed E-state index contributed by atoms with van der Waals surface area (Å²) in [5, 5.41) is 11.0. The van der Waals surface area contributed by atoms with Crippen molar-refractivity contribution >= 4 is 5.97 Å². The van der Waals surface area contributed by atoms with Gasteiger partial charge in [-0.3, -0.25) is 0 Å². The second kappa shape index (κ2) is 4.47. The first kappa shape index (κ1) is 10.2. The molecule has 0 atom stereocenters. The standard InChI is InChI=1S/C9H8N4O3/c1-2-15-9(14)8-11-7(13-16-8)6-4-3-5-10-12-6/h3-5H,2H2,1H3. The maximum atomic E-state index is 11.2. The quantitative estimate of drug-likeness (QED) is 0.703. The van der Waals surface area contributed by atoms with Crippen LogP contribution in [0.3, 0.4) is 0 Å². The lowest BCUT2D eigenvalue weighted by molar-refractivity contribution is 0.0470. The van der Waals surface area contributed by atoms with Crippen LogP contribution in [0.25, 0.3) is 11.5 Å². The second-order valence-electron chi connectivity index (χ2n) is 2.75. The third-order valence-electron chi connectivity index (χ3n) is 1.68. The summed E-state index contributed by atoms with van der Waals surface area (Å²) in [6, 6.07) is 3.34. The SMILES string of the molecule is CCOC(=O)c1nc(-c2cccnn2)no1. The van der Waals surface area contributed by atoms with Crippen molar-refractivity contribution in [1.82, 2.24) is 20.3 Å². The third-order valence-corrected chi connectivity index (χ3v) is 1.68. The highest BCUT2D eigenvalue weighted by Crippen LogP contribution is 2.11. The summed E-state index contributed by atoms with van der Waals surface area (Å²) in [5.41, 5.74) is 0.432. The zero-order valence-electron chi connectivity index (χ0n) is 8.45. The lowest BCUT2D eigenvalue weighted by atomic mass is 10.4. The molecule has 2 rings (SSSR count). The highest BCUT2D eigenvalue weighted by atomic mass is 16.6. The molecule has 0 fully saturated rings. The molecule has 2 aromatic heterocycles. The van der Waals surface area contributed by atoms with Crippen molar-refractivity contribution in [1.29, 1.82) is 0 Å². The fourth-order valence-electron chi connectivity index (χ4n) is 1.02. The number of carbonyl (C=O) groups is 1. The molecule has 0 N–H and O–H groups in total. The normalized spacial score (nSPS) is 10.1. The molecule has 0 saturated heterocycles. The van der Waals surface area contributed by atoms with E-state index in [0.717, 1.165) is 0 Å². The van der Waals surface area contributed by atoms with E-state index >= 15 is 0 Å². The van der Waals surface area contributed by atoms with Crippen LogP contribution in [0, 0.1) is 0 Å². The number of aromatic nitrogens is 4. The van der Waals surface area contributed by atoms with Gasteiger partial charge in [0, 0.05) is 6.20 Å². The molecule has 2 aromatic rings. The number of ether oxygens (including phenoxy) is 1. The molecule has 0 unspecified atom stereocenters. The Balaban J connectivity index is 2.23. The molecular formula is C9H8N4O3. The van der Waals surface area contributed by atoms with Crippen molar-refractivity contribution in [3.63, 3.8) is 0 Å². The Kier molecular flexibility index (Phi) is 2.86. The van der Waals surface area contributed by atoms with Crippen molar-refractivity contribution in [3.8, 4) is 11.5 Å². The van der Waals surface area contributed by atoms with Crippen LogP contribution < -0.4 is 0 Å². The van der Waals surface area contributed by atoms with E-state index in [0.29, 0.717) is 5.69 Å².